The highest BCUT2D eigenvalue weighted by molar-refractivity contribution is 5.97. The standard InChI is InChI=1S/C18H13N5O3/c24-17(12-5-6-14-11(9-12)3-1-7-19-14)21-10-15-22-16(23-26-15)13-4-2-8-20-18(13)25/h1-9H,10H2,(H,20,25)(H,21,24). The van der Waals surface area contributed by atoms with Crippen molar-refractivity contribution in [2.75, 3.05) is 0 Å². The SMILES string of the molecule is O=C(NCc1nc(-c2ccc[nH]c2=O)no1)c1ccc2ncccc2c1. The summed E-state index contributed by atoms with van der Waals surface area (Å²) in [4.78, 5) is 34.9. The van der Waals surface area contributed by atoms with Gasteiger partial charge in [-0.25, -0.2) is 0 Å². The number of amides is 1. The van der Waals surface area contributed by atoms with E-state index in [1.165, 1.54) is 6.20 Å². The summed E-state index contributed by atoms with van der Waals surface area (Å²) >= 11 is 0. The summed E-state index contributed by atoms with van der Waals surface area (Å²) < 4.78 is 5.09. The zero-order valence-corrected chi connectivity index (χ0v) is 13.5. The molecule has 0 spiro atoms. The number of carbonyl (C=O) groups is 1. The molecule has 4 aromatic rings. The molecule has 8 nitrogen and oxygen atoms in total. The molecule has 0 atom stereocenters. The number of aromatic amines is 1. The average molecular weight is 347 g/mol. The number of nitrogens with one attached hydrogen (secondary N) is 2. The van der Waals surface area contributed by atoms with Gasteiger partial charge < -0.3 is 14.8 Å². The maximum Gasteiger partial charge on any atom is 0.259 e. The van der Waals surface area contributed by atoms with Crippen molar-refractivity contribution >= 4 is 16.8 Å². The van der Waals surface area contributed by atoms with Crippen LogP contribution in [-0.4, -0.2) is 26.0 Å². The van der Waals surface area contributed by atoms with E-state index in [9.17, 15) is 9.59 Å². The van der Waals surface area contributed by atoms with E-state index in [0.717, 1.165) is 10.9 Å². The number of carbonyl (C=O) groups excluding carboxylic acids is 1. The minimum absolute atomic E-state index is 0.0572. The molecule has 0 saturated heterocycles. The van der Waals surface area contributed by atoms with E-state index in [1.54, 1.807) is 36.5 Å². The molecule has 0 unspecified atom stereocenters. The number of benzene rings is 1. The van der Waals surface area contributed by atoms with Gasteiger partial charge in [0.1, 0.15) is 0 Å². The number of nitrogens with zero attached hydrogens (tertiary/aromatic N) is 3. The Balaban J connectivity index is 1.47. The second kappa shape index (κ2) is 6.60. The minimum Gasteiger partial charge on any atom is -0.343 e. The molecule has 2 N–H and O–H groups in total. The van der Waals surface area contributed by atoms with Gasteiger partial charge in [0, 0.05) is 23.3 Å². The Labute approximate surface area is 146 Å². The highest BCUT2D eigenvalue weighted by Gasteiger charge is 2.13. The van der Waals surface area contributed by atoms with Crippen molar-refractivity contribution in [2.45, 2.75) is 6.54 Å². The second-order valence-corrected chi connectivity index (χ2v) is 5.52. The van der Waals surface area contributed by atoms with Crippen LogP contribution in [0.1, 0.15) is 16.2 Å². The molecular formula is C18H13N5O3. The third-order valence-electron chi connectivity index (χ3n) is 3.79. The predicted octanol–water partition coefficient (Wildman–Crippen LogP) is 1.90. The van der Waals surface area contributed by atoms with Crippen molar-refractivity contribution in [1.82, 2.24) is 25.4 Å². The number of fused-ring (bicyclic) bond motifs is 1. The summed E-state index contributed by atoms with van der Waals surface area (Å²) in [5.74, 6) is 0.111. The maximum atomic E-state index is 12.3. The molecule has 1 amide bonds. The second-order valence-electron chi connectivity index (χ2n) is 5.52. The van der Waals surface area contributed by atoms with Crippen LogP contribution < -0.4 is 10.9 Å². The van der Waals surface area contributed by atoms with Crippen molar-refractivity contribution in [3.63, 3.8) is 0 Å². The van der Waals surface area contributed by atoms with Crippen molar-refractivity contribution in [1.29, 1.82) is 0 Å². The Morgan fingerprint density at radius 2 is 2.12 bits per heavy atom. The van der Waals surface area contributed by atoms with E-state index in [1.807, 2.05) is 12.1 Å². The molecule has 1 aromatic carbocycles. The third kappa shape index (κ3) is 3.07. The zero-order valence-electron chi connectivity index (χ0n) is 13.5. The lowest BCUT2D eigenvalue weighted by Crippen LogP contribution is -2.22. The van der Waals surface area contributed by atoms with Crippen LogP contribution in [0.5, 0.6) is 0 Å². The fourth-order valence-electron chi connectivity index (χ4n) is 2.51. The molecule has 0 aliphatic rings. The van der Waals surface area contributed by atoms with E-state index < -0.39 is 0 Å². The van der Waals surface area contributed by atoms with Crippen molar-refractivity contribution in [3.05, 3.63) is 76.7 Å². The quantitative estimate of drug-likeness (QED) is 0.583. The summed E-state index contributed by atoms with van der Waals surface area (Å²) in [5.41, 5.74) is 1.31. The topological polar surface area (TPSA) is 114 Å². The van der Waals surface area contributed by atoms with Gasteiger partial charge in [0.25, 0.3) is 11.5 Å². The zero-order chi connectivity index (χ0) is 17.9. The summed E-state index contributed by atoms with van der Waals surface area (Å²) in [5, 5.41) is 7.37. The van der Waals surface area contributed by atoms with Gasteiger partial charge in [-0.05, 0) is 36.4 Å². The predicted molar refractivity (Wildman–Crippen MR) is 93.3 cm³/mol. The number of H-pyrrole nitrogens is 1. The van der Waals surface area contributed by atoms with Gasteiger partial charge in [-0.2, -0.15) is 4.98 Å². The van der Waals surface area contributed by atoms with Crippen LogP contribution in [0.3, 0.4) is 0 Å². The third-order valence-corrected chi connectivity index (χ3v) is 3.79. The number of hydrogen-bond acceptors (Lipinski definition) is 6. The van der Waals surface area contributed by atoms with Gasteiger partial charge in [0.05, 0.1) is 17.6 Å². The Morgan fingerprint density at radius 1 is 1.19 bits per heavy atom. The molecule has 26 heavy (non-hydrogen) atoms. The first-order valence-corrected chi connectivity index (χ1v) is 7.84. The Bertz CT molecular complexity index is 1150. The summed E-state index contributed by atoms with van der Waals surface area (Å²) in [6, 6.07) is 12.2. The lowest BCUT2D eigenvalue weighted by molar-refractivity contribution is 0.0946. The average Bonchev–Trinajstić information content (AvgIpc) is 3.15. The molecule has 3 aromatic heterocycles. The molecule has 8 heteroatoms. The van der Waals surface area contributed by atoms with E-state index in [-0.39, 0.29) is 29.7 Å². The molecule has 0 aliphatic carbocycles. The molecule has 0 bridgehead atoms. The molecule has 0 aliphatic heterocycles. The summed E-state index contributed by atoms with van der Waals surface area (Å²) in [6.45, 7) is 0.0572. The minimum atomic E-state index is -0.311. The van der Waals surface area contributed by atoms with Gasteiger partial charge in [0.15, 0.2) is 0 Å². The molecule has 0 saturated carbocycles. The van der Waals surface area contributed by atoms with Gasteiger partial charge >= 0.3 is 0 Å². The number of hydrogen-bond donors (Lipinski definition) is 2. The monoisotopic (exact) mass is 347 g/mol. The molecule has 0 radical (unpaired) electrons. The lowest BCUT2D eigenvalue weighted by Gasteiger charge is -2.03. The molecule has 4 rings (SSSR count). The van der Waals surface area contributed by atoms with Gasteiger partial charge in [-0.3, -0.25) is 14.6 Å². The maximum absolute atomic E-state index is 12.3. The van der Waals surface area contributed by atoms with Crippen LogP contribution in [0, 0.1) is 0 Å². The first kappa shape index (κ1) is 15.7. The van der Waals surface area contributed by atoms with Crippen LogP contribution in [0.15, 0.2) is 64.2 Å². The van der Waals surface area contributed by atoms with Crippen molar-refractivity contribution < 1.29 is 9.32 Å². The van der Waals surface area contributed by atoms with Crippen molar-refractivity contribution in [2.24, 2.45) is 0 Å². The van der Waals surface area contributed by atoms with Gasteiger partial charge in [-0.1, -0.05) is 11.2 Å². The van der Waals surface area contributed by atoms with Crippen LogP contribution in [0.2, 0.25) is 0 Å². The van der Waals surface area contributed by atoms with Gasteiger partial charge in [-0.15, -0.1) is 0 Å². The number of pyridine rings is 2. The van der Waals surface area contributed by atoms with Crippen molar-refractivity contribution in [3.8, 4) is 11.4 Å². The highest BCUT2D eigenvalue weighted by atomic mass is 16.5. The van der Waals surface area contributed by atoms with Crippen LogP contribution in [0.4, 0.5) is 0 Å². The summed E-state index contributed by atoms with van der Waals surface area (Å²) in [6.07, 6.45) is 3.22. The summed E-state index contributed by atoms with van der Waals surface area (Å²) in [7, 11) is 0. The van der Waals surface area contributed by atoms with E-state index in [2.05, 4.69) is 25.4 Å². The fraction of sp³-hybridized carbons (Fsp3) is 0.0556. The Kier molecular flexibility index (Phi) is 3.98. The van der Waals surface area contributed by atoms with Crippen LogP contribution >= 0.6 is 0 Å². The van der Waals surface area contributed by atoms with Gasteiger partial charge in [0.2, 0.25) is 11.7 Å². The molecule has 0 fully saturated rings. The van der Waals surface area contributed by atoms with Crippen LogP contribution in [-0.2, 0) is 6.54 Å². The highest BCUT2D eigenvalue weighted by Crippen LogP contribution is 2.14. The Hall–Kier alpha value is -3.81. The van der Waals surface area contributed by atoms with Crippen LogP contribution in [0.25, 0.3) is 22.3 Å². The van der Waals surface area contributed by atoms with E-state index in [0.29, 0.717) is 11.1 Å². The fourth-order valence-corrected chi connectivity index (χ4v) is 2.51. The Morgan fingerprint density at radius 3 is 3.00 bits per heavy atom. The molecular weight excluding hydrogens is 334 g/mol. The van der Waals surface area contributed by atoms with E-state index >= 15 is 0 Å². The first-order valence-electron chi connectivity index (χ1n) is 7.84. The lowest BCUT2D eigenvalue weighted by atomic mass is 10.1. The number of aromatic nitrogens is 4. The normalized spacial score (nSPS) is 10.8. The largest absolute Gasteiger partial charge is 0.343 e. The number of rotatable bonds is 4. The first-order chi connectivity index (χ1) is 12.7. The van der Waals surface area contributed by atoms with E-state index in [4.69, 9.17) is 4.52 Å². The molecule has 128 valence electrons. The molecule has 3 heterocycles. The smallest absolute Gasteiger partial charge is 0.259 e.